The van der Waals surface area contributed by atoms with Crippen LogP contribution in [0.15, 0.2) is 18.6 Å². The number of carbonyl (C=O) groups excluding carboxylic acids is 1. The molecular formula is C14H17N5O. The molecule has 6 nitrogen and oxygen atoms in total. The largest absolute Gasteiger partial charge is 0.311 e. The second kappa shape index (κ2) is 4.40. The first-order valence-electron chi connectivity index (χ1n) is 6.59. The van der Waals surface area contributed by atoms with E-state index in [0.29, 0.717) is 5.82 Å². The molecule has 1 aliphatic rings. The minimum Gasteiger partial charge on any atom is -0.311 e. The van der Waals surface area contributed by atoms with Gasteiger partial charge < -0.3 is 5.32 Å². The first-order chi connectivity index (χ1) is 9.44. The highest BCUT2D eigenvalue weighted by atomic mass is 16.1. The lowest BCUT2D eigenvalue weighted by Crippen LogP contribution is -2.12. The van der Waals surface area contributed by atoms with E-state index in [1.54, 1.807) is 6.07 Å². The molecule has 20 heavy (non-hydrogen) atoms. The second-order valence-corrected chi connectivity index (χ2v) is 5.97. The van der Waals surface area contributed by atoms with E-state index < -0.39 is 0 Å². The van der Waals surface area contributed by atoms with Crippen molar-refractivity contribution in [3.8, 4) is 11.3 Å². The van der Waals surface area contributed by atoms with E-state index >= 15 is 0 Å². The Morgan fingerprint density at radius 3 is 2.95 bits per heavy atom. The quantitative estimate of drug-likeness (QED) is 0.905. The molecule has 3 rings (SSSR count). The zero-order valence-corrected chi connectivity index (χ0v) is 11.8. The fraction of sp³-hybridized carbons (Fsp3) is 0.429. The number of fused-ring (bicyclic) bond motifs is 1. The van der Waals surface area contributed by atoms with Crippen LogP contribution in [0.25, 0.3) is 11.3 Å². The average Bonchev–Trinajstić information content (AvgIpc) is 2.83. The Bertz CT molecular complexity index is 674. The lowest BCUT2D eigenvalue weighted by Gasteiger charge is -2.14. The number of anilines is 1. The van der Waals surface area contributed by atoms with Gasteiger partial charge in [-0.3, -0.25) is 9.48 Å². The molecule has 0 atom stereocenters. The van der Waals surface area contributed by atoms with Crippen molar-refractivity contribution in [1.82, 2.24) is 19.7 Å². The topological polar surface area (TPSA) is 72.7 Å². The van der Waals surface area contributed by atoms with Crippen molar-refractivity contribution in [3.63, 3.8) is 0 Å². The zero-order chi connectivity index (χ0) is 14.3. The summed E-state index contributed by atoms with van der Waals surface area (Å²) >= 11 is 0. The van der Waals surface area contributed by atoms with Gasteiger partial charge in [-0.2, -0.15) is 5.10 Å². The summed E-state index contributed by atoms with van der Waals surface area (Å²) in [5.74, 6) is 0.371. The van der Waals surface area contributed by atoms with Crippen LogP contribution in [-0.2, 0) is 17.8 Å². The maximum absolute atomic E-state index is 11.1. The van der Waals surface area contributed by atoms with Gasteiger partial charge in [0.15, 0.2) is 0 Å². The van der Waals surface area contributed by atoms with Crippen molar-refractivity contribution in [3.05, 3.63) is 24.3 Å². The summed E-state index contributed by atoms with van der Waals surface area (Å²) in [5, 5.41) is 7.10. The monoisotopic (exact) mass is 271 g/mol. The molecule has 0 saturated heterocycles. The molecule has 0 aromatic carbocycles. The number of hydrogen-bond donors (Lipinski definition) is 1. The van der Waals surface area contributed by atoms with Gasteiger partial charge in [-0.1, -0.05) is 13.8 Å². The fourth-order valence-electron chi connectivity index (χ4n) is 2.62. The third-order valence-electron chi connectivity index (χ3n) is 3.42. The molecule has 104 valence electrons. The van der Waals surface area contributed by atoms with Gasteiger partial charge in [0, 0.05) is 30.8 Å². The van der Waals surface area contributed by atoms with Gasteiger partial charge in [-0.15, -0.1) is 0 Å². The molecule has 1 N–H and O–H groups in total. The van der Waals surface area contributed by atoms with Crippen LogP contribution in [0.4, 0.5) is 5.82 Å². The maximum Gasteiger partial charge on any atom is 0.222 e. The molecule has 0 fully saturated rings. The van der Waals surface area contributed by atoms with Gasteiger partial charge in [0.25, 0.3) is 0 Å². The summed E-state index contributed by atoms with van der Waals surface area (Å²) in [6.07, 6.45) is 4.27. The summed E-state index contributed by atoms with van der Waals surface area (Å²) in [4.78, 5) is 19.4. The van der Waals surface area contributed by atoms with Crippen LogP contribution >= 0.6 is 0 Å². The van der Waals surface area contributed by atoms with Crippen LogP contribution in [0.5, 0.6) is 0 Å². The standard InChI is InChI=1S/C14H17N5O/c1-9(20)18-13-4-11(15-8-16-13)10-6-17-19-7-14(2,3)5-12(10)19/h4,6,8H,5,7H2,1-3H3,(H,15,16,18,20). The summed E-state index contributed by atoms with van der Waals surface area (Å²) < 4.78 is 2.04. The first-order valence-corrected chi connectivity index (χ1v) is 6.59. The lowest BCUT2D eigenvalue weighted by atomic mass is 9.90. The molecule has 0 radical (unpaired) electrons. The van der Waals surface area contributed by atoms with Crippen LogP contribution in [0.2, 0.25) is 0 Å². The van der Waals surface area contributed by atoms with E-state index in [0.717, 1.165) is 24.2 Å². The van der Waals surface area contributed by atoms with E-state index in [1.807, 2.05) is 10.9 Å². The summed E-state index contributed by atoms with van der Waals surface area (Å²) in [7, 11) is 0. The van der Waals surface area contributed by atoms with E-state index in [-0.39, 0.29) is 11.3 Å². The number of hydrogen-bond acceptors (Lipinski definition) is 4. The molecule has 0 unspecified atom stereocenters. The van der Waals surface area contributed by atoms with E-state index in [2.05, 4.69) is 34.2 Å². The van der Waals surface area contributed by atoms with Gasteiger partial charge in [0.05, 0.1) is 11.9 Å². The molecule has 3 heterocycles. The van der Waals surface area contributed by atoms with Crippen molar-refractivity contribution in [1.29, 1.82) is 0 Å². The Morgan fingerprint density at radius 1 is 1.40 bits per heavy atom. The van der Waals surface area contributed by atoms with Crippen molar-refractivity contribution in [2.45, 2.75) is 33.7 Å². The van der Waals surface area contributed by atoms with E-state index in [9.17, 15) is 4.79 Å². The van der Waals surface area contributed by atoms with Gasteiger partial charge in [-0.05, 0) is 11.8 Å². The maximum atomic E-state index is 11.1. The molecule has 0 aliphatic carbocycles. The van der Waals surface area contributed by atoms with Crippen molar-refractivity contribution >= 4 is 11.7 Å². The number of carbonyl (C=O) groups is 1. The van der Waals surface area contributed by atoms with E-state index in [1.165, 1.54) is 18.9 Å². The predicted molar refractivity (Wildman–Crippen MR) is 75.0 cm³/mol. The van der Waals surface area contributed by atoms with Gasteiger partial charge in [0.2, 0.25) is 5.91 Å². The van der Waals surface area contributed by atoms with Crippen LogP contribution in [0.1, 0.15) is 26.5 Å². The Kier molecular flexibility index (Phi) is 2.81. The highest BCUT2D eigenvalue weighted by Crippen LogP contribution is 2.36. The smallest absolute Gasteiger partial charge is 0.222 e. The van der Waals surface area contributed by atoms with Crippen LogP contribution in [0, 0.1) is 5.41 Å². The van der Waals surface area contributed by atoms with E-state index in [4.69, 9.17) is 0 Å². The first kappa shape index (κ1) is 12.8. The second-order valence-electron chi connectivity index (χ2n) is 5.97. The molecule has 6 heteroatoms. The van der Waals surface area contributed by atoms with Crippen LogP contribution in [0.3, 0.4) is 0 Å². The normalized spacial score (nSPS) is 15.9. The average molecular weight is 271 g/mol. The number of rotatable bonds is 2. The molecule has 1 aliphatic heterocycles. The summed E-state index contributed by atoms with van der Waals surface area (Å²) in [5.41, 5.74) is 3.24. The van der Waals surface area contributed by atoms with Crippen LogP contribution < -0.4 is 5.32 Å². The summed E-state index contributed by atoms with van der Waals surface area (Å²) in [6, 6.07) is 1.78. The van der Waals surface area contributed by atoms with Crippen LogP contribution in [-0.4, -0.2) is 25.7 Å². The molecular weight excluding hydrogens is 254 g/mol. The molecule has 0 spiro atoms. The van der Waals surface area contributed by atoms with Gasteiger partial charge in [-0.25, -0.2) is 9.97 Å². The zero-order valence-electron chi connectivity index (χ0n) is 11.8. The summed E-state index contributed by atoms with van der Waals surface area (Å²) in [6.45, 7) is 6.84. The molecule has 1 amide bonds. The lowest BCUT2D eigenvalue weighted by molar-refractivity contribution is -0.114. The number of nitrogens with zero attached hydrogens (tertiary/aromatic N) is 4. The Hall–Kier alpha value is -2.24. The Labute approximate surface area is 117 Å². The molecule has 0 saturated carbocycles. The van der Waals surface area contributed by atoms with Crippen molar-refractivity contribution in [2.75, 3.05) is 5.32 Å². The Balaban J connectivity index is 1.97. The number of nitrogens with one attached hydrogen (secondary N) is 1. The SMILES string of the molecule is CC(=O)Nc1cc(-c2cnn3c2CC(C)(C)C3)ncn1. The van der Waals surface area contributed by atoms with Crippen molar-refractivity contribution < 1.29 is 4.79 Å². The minimum absolute atomic E-state index is 0.143. The molecule has 2 aromatic rings. The third-order valence-corrected chi connectivity index (χ3v) is 3.42. The number of aromatic nitrogens is 4. The highest BCUT2D eigenvalue weighted by Gasteiger charge is 2.31. The molecule has 2 aromatic heterocycles. The third kappa shape index (κ3) is 2.29. The van der Waals surface area contributed by atoms with Gasteiger partial charge >= 0.3 is 0 Å². The highest BCUT2D eigenvalue weighted by molar-refractivity contribution is 5.88. The Morgan fingerprint density at radius 2 is 2.20 bits per heavy atom. The van der Waals surface area contributed by atoms with Crippen molar-refractivity contribution in [2.24, 2.45) is 5.41 Å². The fourth-order valence-corrected chi connectivity index (χ4v) is 2.62. The molecule has 0 bridgehead atoms. The van der Waals surface area contributed by atoms with Gasteiger partial charge in [0.1, 0.15) is 12.1 Å². The number of amides is 1. The predicted octanol–water partition coefficient (Wildman–Crippen LogP) is 1.88. The minimum atomic E-state index is -0.143.